The third-order valence-corrected chi connectivity index (χ3v) is 12.4. The number of aromatic hydroxyl groups is 1. The number of hydrogen-bond acceptors (Lipinski definition) is 15. The van der Waals surface area contributed by atoms with Gasteiger partial charge >= 0.3 is 0 Å². The van der Waals surface area contributed by atoms with Crippen LogP contribution >= 0.6 is 0 Å². The molecule has 0 radical (unpaired) electrons. The highest BCUT2D eigenvalue weighted by Crippen LogP contribution is 2.45. The molecule has 5 rings (SSSR count). The Morgan fingerprint density at radius 3 is 2.25 bits per heavy atom. The molecule has 3 aromatic carbocycles. The van der Waals surface area contributed by atoms with Crippen LogP contribution < -0.4 is 52.1 Å². The summed E-state index contributed by atoms with van der Waals surface area (Å²) < 4.78 is 38.8. The van der Waals surface area contributed by atoms with Crippen molar-refractivity contribution in [3.05, 3.63) is 88.2 Å². The van der Waals surface area contributed by atoms with E-state index in [-0.39, 0.29) is 89.8 Å². The van der Waals surface area contributed by atoms with E-state index in [9.17, 15) is 42.6 Å². The van der Waals surface area contributed by atoms with E-state index in [1.807, 2.05) is 24.3 Å². The van der Waals surface area contributed by atoms with E-state index in [0.717, 1.165) is 10.5 Å². The Balaban J connectivity index is 1.67. The van der Waals surface area contributed by atoms with E-state index in [0.29, 0.717) is 23.4 Å². The second kappa shape index (κ2) is 24.5. The Hall–Kier alpha value is -7.20. The molecule has 73 heavy (non-hydrogen) atoms. The number of nitrogens with one attached hydrogen (secondary N) is 5. The predicted octanol–water partition coefficient (Wildman–Crippen LogP) is 0.243. The monoisotopic (exact) mass is 1030 g/mol. The van der Waals surface area contributed by atoms with Gasteiger partial charge in [0.2, 0.25) is 23.6 Å². The van der Waals surface area contributed by atoms with Crippen molar-refractivity contribution in [2.45, 2.75) is 90.1 Å². The fraction of sp³-hybridized carbons (Fsp3) is 0.420. The summed E-state index contributed by atoms with van der Waals surface area (Å²) in [6.45, 7) is 9.50. The average molecular weight is 1030 g/mol. The van der Waals surface area contributed by atoms with E-state index < -0.39 is 82.3 Å². The maximum absolute atomic E-state index is 15.0. The molecule has 0 saturated heterocycles. The number of carbonyl (C=O) groups excluding carboxylic acids is 5. The number of aliphatic hydroxyl groups is 1. The highest BCUT2D eigenvalue weighted by Gasteiger charge is 2.38. The number of nitrogens with two attached hydrogens (primary N) is 3. The van der Waals surface area contributed by atoms with Crippen LogP contribution in [0.5, 0.6) is 17.2 Å². The zero-order chi connectivity index (χ0) is 53.9. The number of terminal acetylenes is 1. The molecule has 0 unspecified atom stereocenters. The van der Waals surface area contributed by atoms with E-state index in [1.54, 1.807) is 26.0 Å². The van der Waals surface area contributed by atoms with Crippen molar-refractivity contribution in [1.82, 2.24) is 40.9 Å². The summed E-state index contributed by atoms with van der Waals surface area (Å²) in [5.74, 6) is -2.25. The van der Waals surface area contributed by atoms with Crippen molar-refractivity contribution in [2.24, 2.45) is 16.6 Å². The van der Waals surface area contributed by atoms with Crippen LogP contribution in [0.15, 0.2) is 54.6 Å². The summed E-state index contributed by atoms with van der Waals surface area (Å²) in [7, 11) is -3.29. The zero-order valence-electron chi connectivity index (χ0n) is 41.9. The van der Waals surface area contributed by atoms with Crippen LogP contribution in [-0.4, -0.2) is 134 Å². The molecule has 2 heterocycles. The zero-order valence-corrected chi connectivity index (χ0v) is 42.7. The Morgan fingerprint density at radius 1 is 0.973 bits per heavy atom. The Labute approximate surface area is 424 Å². The summed E-state index contributed by atoms with van der Waals surface area (Å²) in [5, 5.41) is 38.1. The largest absolute Gasteiger partial charge is 0.504 e. The number of likely N-dealkylation sites (N-methyl/N-ethyl adjacent to an activating group) is 1. The predicted molar refractivity (Wildman–Crippen MR) is 272 cm³/mol. The molecule has 392 valence electrons. The Morgan fingerprint density at radius 2 is 1.64 bits per heavy atom. The number of aryl methyl sites for hydroxylation is 2. The molecule has 4 aromatic rings. The van der Waals surface area contributed by atoms with Crippen molar-refractivity contribution < 1.29 is 52.1 Å². The van der Waals surface area contributed by atoms with Crippen molar-refractivity contribution >= 4 is 39.7 Å². The first-order valence-electron chi connectivity index (χ1n) is 23.3. The number of carbonyl (C=O) groups is 5. The normalized spacial score (nSPS) is 16.9. The lowest BCUT2D eigenvalue weighted by Crippen LogP contribution is -2.57. The molecule has 0 spiro atoms. The minimum absolute atomic E-state index is 0.0132. The number of phenols is 1. The van der Waals surface area contributed by atoms with Crippen LogP contribution in [0.4, 0.5) is 0 Å². The lowest BCUT2D eigenvalue weighted by atomic mass is 9.86. The minimum atomic E-state index is -4.50. The number of amides is 5. The number of aliphatic hydroxyl groups excluding tert-OH is 1. The van der Waals surface area contributed by atoms with E-state index in [4.69, 9.17) is 32.5 Å². The number of fused-ring (bicyclic) bond motifs is 5. The quantitative estimate of drug-likeness (QED) is 0.0472. The van der Waals surface area contributed by atoms with Gasteiger partial charge in [0.1, 0.15) is 42.6 Å². The third kappa shape index (κ3) is 14.7. The fourth-order valence-corrected chi connectivity index (χ4v) is 8.27. The molecule has 5 atom stereocenters. The van der Waals surface area contributed by atoms with Gasteiger partial charge in [0, 0.05) is 43.2 Å². The van der Waals surface area contributed by atoms with Crippen LogP contribution in [-0.2, 0) is 41.2 Å². The van der Waals surface area contributed by atoms with Crippen LogP contribution in [0.25, 0.3) is 22.5 Å². The molecule has 1 aliphatic rings. The highest BCUT2D eigenvalue weighted by molar-refractivity contribution is 7.87. The van der Waals surface area contributed by atoms with Gasteiger partial charge in [0.15, 0.2) is 17.3 Å². The molecule has 1 aromatic heterocycles. The van der Waals surface area contributed by atoms with Crippen molar-refractivity contribution in [3.63, 3.8) is 0 Å². The van der Waals surface area contributed by atoms with Crippen LogP contribution in [0.2, 0.25) is 0 Å². The van der Waals surface area contributed by atoms with Gasteiger partial charge in [-0.25, -0.2) is 15.1 Å². The van der Waals surface area contributed by atoms with Gasteiger partial charge in [-0.05, 0) is 80.1 Å². The van der Waals surface area contributed by atoms with Gasteiger partial charge in [0.05, 0.1) is 30.1 Å². The van der Waals surface area contributed by atoms with Crippen molar-refractivity contribution in [3.8, 4) is 52.1 Å². The molecule has 23 heteroatoms. The summed E-state index contributed by atoms with van der Waals surface area (Å²) >= 11 is 0. The van der Waals surface area contributed by atoms with E-state index >= 15 is 0 Å². The number of hydrogen-bond donors (Lipinski definition) is 10. The molecular formula is C50H65N11O11S. The second-order valence-corrected chi connectivity index (χ2v) is 19.9. The number of benzene rings is 3. The van der Waals surface area contributed by atoms with E-state index in [2.05, 4.69) is 62.6 Å². The lowest BCUT2D eigenvalue weighted by molar-refractivity contribution is -0.141. The number of nitrogens with zero attached hydrogens (tertiary/aromatic N) is 3. The maximum Gasteiger partial charge on any atom is 0.274 e. The minimum Gasteiger partial charge on any atom is -0.504 e. The maximum atomic E-state index is 15.0. The highest BCUT2D eigenvalue weighted by atomic mass is 32.2. The van der Waals surface area contributed by atoms with Gasteiger partial charge in [-0.2, -0.15) is 13.1 Å². The van der Waals surface area contributed by atoms with Gasteiger partial charge in [-0.1, -0.05) is 57.0 Å². The lowest BCUT2D eigenvalue weighted by Gasteiger charge is -2.33. The van der Waals surface area contributed by atoms with Gasteiger partial charge < -0.3 is 57.3 Å². The summed E-state index contributed by atoms with van der Waals surface area (Å²) in [6, 6.07) is 8.85. The number of ether oxygens (including phenoxy) is 2. The molecule has 0 saturated carbocycles. The SMILES string of the molecule is C#CCNC(=O)[C@@H]1Cc2ccc(OC[C@H](O)CN)c(c2)-c2cc(cc(OCCCN)c2O)[C@H](N(C)C(=O)[C@H](CNS(N)(=O)=O)NC(=O)c2c(C)nc(-c3ccc(C(C)(C)C)cc3)nc2C)C(=O)N[C@@H](C)C(=O)N1. The van der Waals surface area contributed by atoms with Gasteiger partial charge in [0.25, 0.3) is 16.1 Å². The molecule has 4 bridgehead atoms. The first-order chi connectivity index (χ1) is 34.4. The Bertz CT molecular complexity index is 2830. The van der Waals surface area contributed by atoms with Crippen molar-refractivity contribution in [2.75, 3.05) is 46.4 Å². The first kappa shape index (κ1) is 56.7. The van der Waals surface area contributed by atoms with E-state index in [1.165, 1.54) is 32.2 Å². The average Bonchev–Trinajstić information content (AvgIpc) is 3.33. The molecule has 13 N–H and O–H groups in total. The molecule has 1 aliphatic heterocycles. The Kier molecular flexibility index (Phi) is 19.0. The molecule has 22 nitrogen and oxygen atoms in total. The first-order valence-corrected chi connectivity index (χ1v) is 24.9. The molecular weight excluding hydrogens is 963 g/mol. The summed E-state index contributed by atoms with van der Waals surface area (Å²) in [4.78, 5) is 81.6. The smallest absolute Gasteiger partial charge is 0.274 e. The molecule has 5 amide bonds. The summed E-state index contributed by atoms with van der Waals surface area (Å²) in [5.41, 5.74) is 14.1. The van der Waals surface area contributed by atoms with Gasteiger partial charge in [-0.3, -0.25) is 24.0 Å². The van der Waals surface area contributed by atoms with Crippen LogP contribution in [0.3, 0.4) is 0 Å². The summed E-state index contributed by atoms with van der Waals surface area (Å²) in [6.07, 6.45) is 4.50. The van der Waals surface area contributed by atoms with Crippen molar-refractivity contribution in [1.29, 1.82) is 0 Å². The van der Waals surface area contributed by atoms with Crippen LogP contribution in [0.1, 0.15) is 78.6 Å². The topological polar surface area (TPSA) is 346 Å². The second-order valence-electron chi connectivity index (χ2n) is 18.5. The fourth-order valence-electron chi connectivity index (χ4n) is 7.87. The third-order valence-electron chi connectivity index (χ3n) is 11.8. The standard InChI is InChI=1S/C50H65N11O11S/c1-9-18-54-46(65)37-21-30-11-16-39(72-26-34(62)24-52)35(20-30)36-22-32(23-40(43(36)63)71-19-10-17-51)42(48(67)58-29(4)45(64)59-37)61(8)49(68)38(25-55-73(53,69)70)60-47(66)41-27(2)56-44(57-28(41)3)31-12-14-33(15-13-31)50(5,6)7/h1,11-16,20,22-23,29,34,37-38,42,55,62-63H,10,17-19,21,24-26,51-52H2,2-8H3,(H,54,65)(H,58,67)(H,59,64)(H,60,66)(H2,53,69,70)/t29-,34+,37-,38-,42-/m0/s1. The number of phenolic OH excluding ortho intramolecular Hbond substituents is 1. The number of rotatable bonds is 18. The molecule has 0 aliphatic carbocycles. The van der Waals surface area contributed by atoms with Gasteiger partial charge in [-0.15, -0.1) is 6.42 Å². The van der Waals surface area contributed by atoms with Crippen LogP contribution in [0, 0.1) is 26.2 Å². The number of aromatic nitrogens is 2. The molecule has 0 fully saturated rings.